The van der Waals surface area contributed by atoms with Crippen LogP contribution >= 0.6 is 22.9 Å². The van der Waals surface area contributed by atoms with E-state index in [9.17, 15) is 0 Å². The Balaban J connectivity index is 3.22. The fourth-order valence-electron chi connectivity index (χ4n) is 0.0598. The van der Waals surface area contributed by atoms with Gasteiger partial charge >= 0.3 is 0 Å². The molecule has 0 heterocycles. The molecule has 0 amide bonds. The molecule has 0 rings (SSSR count). The molecule has 36 valence electrons. The topological polar surface area (TPSA) is 12.4 Å². The molecule has 0 bridgehead atoms. The second-order valence-corrected chi connectivity index (χ2v) is 1.66. The van der Waals surface area contributed by atoms with Crippen LogP contribution in [-0.4, -0.2) is 5.71 Å². The van der Waals surface area contributed by atoms with Crippen molar-refractivity contribution in [1.29, 1.82) is 0 Å². The highest BCUT2D eigenvalue weighted by Gasteiger charge is 1.76. The van der Waals surface area contributed by atoms with E-state index in [4.69, 9.17) is 0 Å². The zero-order chi connectivity index (χ0) is 4.99. The molecule has 2 heteroatoms. The fraction of sp³-hybridized carbons (Fsp3) is 0.750. The Morgan fingerprint density at radius 1 is 1.83 bits per heavy atom. The molecule has 0 aromatic carbocycles. The van der Waals surface area contributed by atoms with Crippen LogP contribution in [0, 0.1) is 0 Å². The van der Waals surface area contributed by atoms with Crippen molar-refractivity contribution in [3.63, 3.8) is 0 Å². The minimum Gasteiger partial charge on any atom is -0.224 e. The summed E-state index contributed by atoms with van der Waals surface area (Å²) in [6, 6.07) is 0. The van der Waals surface area contributed by atoms with Crippen LogP contribution in [0.5, 0.6) is 0 Å². The summed E-state index contributed by atoms with van der Waals surface area (Å²) in [7, 11) is 0. The minimum atomic E-state index is 1.07. The maximum atomic E-state index is 3.89. The van der Waals surface area contributed by atoms with Crippen LogP contribution in [0.2, 0.25) is 0 Å². The fourth-order valence-corrected chi connectivity index (χ4v) is 0.401. The van der Waals surface area contributed by atoms with Gasteiger partial charge in [-0.05, 0) is 13.3 Å². The number of halogens is 1. The van der Waals surface area contributed by atoms with E-state index in [1.54, 1.807) is 0 Å². The van der Waals surface area contributed by atoms with Gasteiger partial charge < -0.3 is 0 Å². The first-order chi connectivity index (χ1) is 2.81. The van der Waals surface area contributed by atoms with Gasteiger partial charge in [0, 0.05) is 5.71 Å². The van der Waals surface area contributed by atoms with Crippen LogP contribution in [0.1, 0.15) is 20.3 Å². The number of nitrogens with zero attached hydrogens (tertiary/aromatic N) is 1. The summed E-state index contributed by atoms with van der Waals surface area (Å²) in [5.41, 5.74) is 1.20. The van der Waals surface area contributed by atoms with Crippen LogP contribution < -0.4 is 0 Å². The molecule has 0 aromatic rings. The lowest BCUT2D eigenvalue weighted by molar-refractivity contribution is 1.28. The summed E-state index contributed by atoms with van der Waals surface area (Å²) >= 11 is 2.00. The molecule has 0 N–H and O–H groups in total. The molecule has 0 atom stereocenters. The molecule has 0 aliphatic rings. The lowest BCUT2D eigenvalue weighted by Crippen LogP contribution is -1.80. The van der Waals surface area contributed by atoms with Crippen molar-refractivity contribution in [2.45, 2.75) is 20.3 Å². The molecule has 0 spiro atoms. The maximum absolute atomic E-state index is 3.89. The Morgan fingerprint density at radius 2 is 2.33 bits per heavy atom. The van der Waals surface area contributed by atoms with E-state index in [2.05, 4.69) is 10.1 Å². The minimum absolute atomic E-state index is 1.07. The van der Waals surface area contributed by atoms with Crippen molar-refractivity contribution in [2.24, 2.45) is 3.21 Å². The van der Waals surface area contributed by atoms with Crippen molar-refractivity contribution in [1.82, 2.24) is 0 Å². The van der Waals surface area contributed by atoms with Gasteiger partial charge in [-0.3, -0.25) is 0 Å². The lowest BCUT2D eigenvalue weighted by Gasteiger charge is -1.82. The van der Waals surface area contributed by atoms with E-state index in [0.29, 0.717) is 0 Å². The van der Waals surface area contributed by atoms with Gasteiger partial charge in [-0.1, -0.05) is 6.92 Å². The first-order valence-electron chi connectivity index (χ1n) is 1.95. The summed E-state index contributed by atoms with van der Waals surface area (Å²) in [5.74, 6) is 0. The number of hydrogen-bond acceptors (Lipinski definition) is 1. The average molecular weight is 197 g/mol. The van der Waals surface area contributed by atoms with Gasteiger partial charge in [-0.2, -0.15) is 0 Å². The third-order valence-electron chi connectivity index (χ3n) is 0.656. The van der Waals surface area contributed by atoms with E-state index in [1.807, 2.05) is 29.8 Å². The average Bonchev–Trinajstić information content (AvgIpc) is 1.65. The number of hydrogen-bond donors (Lipinski definition) is 0. The molecular weight excluding hydrogens is 189 g/mol. The quantitative estimate of drug-likeness (QED) is 0.451. The van der Waals surface area contributed by atoms with Gasteiger partial charge in [-0.15, -0.1) is 0 Å². The van der Waals surface area contributed by atoms with Crippen molar-refractivity contribution in [3.8, 4) is 0 Å². The van der Waals surface area contributed by atoms with E-state index < -0.39 is 0 Å². The molecule has 6 heavy (non-hydrogen) atoms. The van der Waals surface area contributed by atoms with Gasteiger partial charge in [0.15, 0.2) is 0 Å². The Labute approximate surface area is 52.3 Å². The van der Waals surface area contributed by atoms with Crippen molar-refractivity contribution >= 4 is 28.6 Å². The molecule has 0 unspecified atom stereocenters. The van der Waals surface area contributed by atoms with Gasteiger partial charge in [0.25, 0.3) is 0 Å². The third kappa shape index (κ3) is 2.63. The van der Waals surface area contributed by atoms with Crippen LogP contribution in [0.15, 0.2) is 3.21 Å². The second kappa shape index (κ2) is 3.59. The van der Waals surface area contributed by atoms with E-state index in [0.717, 1.165) is 6.42 Å². The largest absolute Gasteiger partial charge is 0.224 e. The maximum Gasteiger partial charge on any atom is 0.0830 e. The van der Waals surface area contributed by atoms with Crippen molar-refractivity contribution in [3.05, 3.63) is 0 Å². The SMILES string of the molecule is CCC(C)=NI. The third-order valence-corrected chi connectivity index (χ3v) is 1.48. The van der Waals surface area contributed by atoms with Crippen LogP contribution in [0.3, 0.4) is 0 Å². The molecule has 0 aliphatic heterocycles. The van der Waals surface area contributed by atoms with Crippen LogP contribution in [0.4, 0.5) is 0 Å². The van der Waals surface area contributed by atoms with Gasteiger partial charge in [0.05, 0.1) is 22.9 Å². The highest BCUT2D eigenvalue weighted by Crippen LogP contribution is 1.88. The van der Waals surface area contributed by atoms with E-state index in [-0.39, 0.29) is 0 Å². The molecule has 0 fully saturated rings. The van der Waals surface area contributed by atoms with E-state index >= 15 is 0 Å². The predicted molar refractivity (Wildman–Crippen MR) is 37.4 cm³/mol. The lowest BCUT2D eigenvalue weighted by atomic mass is 10.3. The van der Waals surface area contributed by atoms with E-state index in [1.165, 1.54) is 5.71 Å². The summed E-state index contributed by atoms with van der Waals surface area (Å²) in [6.07, 6.45) is 1.07. The van der Waals surface area contributed by atoms with Crippen LogP contribution in [-0.2, 0) is 0 Å². The molecule has 0 saturated carbocycles. The summed E-state index contributed by atoms with van der Waals surface area (Å²) in [5, 5.41) is 0. The van der Waals surface area contributed by atoms with Crippen molar-refractivity contribution < 1.29 is 0 Å². The van der Waals surface area contributed by atoms with Crippen molar-refractivity contribution in [2.75, 3.05) is 0 Å². The standard InChI is InChI=1S/C4H8IN/c1-3-4(2)6-5/h3H2,1-2H3. The zero-order valence-electron chi connectivity index (χ0n) is 4.03. The first kappa shape index (κ1) is 6.40. The highest BCUT2D eigenvalue weighted by molar-refractivity contribution is 14.1. The number of rotatable bonds is 1. The van der Waals surface area contributed by atoms with Gasteiger partial charge in [0.1, 0.15) is 0 Å². The molecule has 1 nitrogen and oxygen atoms in total. The molecule has 0 aliphatic carbocycles. The Morgan fingerprint density at radius 3 is 2.33 bits per heavy atom. The van der Waals surface area contributed by atoms with Gasteiger partial charge in [0.2, 0.25) is 0 Å². The second-order valence-electron chi connectivity index (χ2n) is 1.17. The monoisotopic (exact) mass is 197 g/mol. The first-order valence-corrected chi connectivity index (χ1v) is 2.92. The summed E-state index contributed by atoms with van der Waals surface area (Å²) in [6.45, 7) is 4.12. The van der Waals surface area contributed by atoms with Gasteiger partial charge in [-0.25, -0.2) is 3.21 Å². The molecular formula is C4H8IN. The summed E-state index contributed by atoms with van der Waals surface area (Å²) < 4.78 is 3.89. The Kier molecular flexibility index (Phi) is 3.82. The Bertz CT molecular complexity index is 58.6. The van der Waals surface area contributed by atoms with Crippen LogP contribution in [0.25, 0.3) is 0 Å². The predicted octanol–water partition coefficient (Wildman–Crippen LogP) is 2.21. The highest BCUT2D eigenvalue weighted by atomic mass is 127. The molecule has 0 aromatic heterocycles. The zero-order valence-corrected chi connectivity index (χ0v) is 6.19. The smallest absolute Gasteiger partial charge is 0.0830 e. The summed E-state index contributed by atoms with van der Waals surface area (Å²) in [4.78, 5) is 0. The Hall–Kier alpha value is 0.400. The molecule has 0 saturated heterocycles. The molecule has 0 radical (unpaired) electrons. The normalized spacial score (nSPS) is 12.2.